The fraction of sp³-hybridized carbons (Fsp3) is 0.0238. The van der Waals surface area contributed by atoms with E-state index in [2.05, 4.69) is 339 Å². The topological polar surface area (TPSA) is 0 Å². The van der Waals surface area contributed by atoms with Crippen molar-refractivity contribution >= 4 is 47.7 Å². The summed E-state index contributed by atoms with van der Waals surface area (Å²) in [5.41, 5.74) is 15.3. The second kappa shape index (κ2) is 28.0. The summed E-state index contributed by atoms with van der Waals surface area (Å²) in [6, 6.07) is 126. The van der Waals surface area contributed by atoms with Crippen molar-refractivity contribution in [3.05, 3.63) is 420 Å². The maximum Gasteiger partial charge on any atom is 1.00 e. The Balaban J connectivity index is 0.000000136. The second-order valence-corrected chi connectivity index (χ2v) is 26.4. The molecule has 0 saturated carbocycles. The van der Waals surface area contributed by atoms with E-state index < -0.39 is 26.7 Å². The van der Waals surface area contributed by atoms with Gasteiger partial charge in [-0.3, -0.25) is 11.8 Å². The molecule has 13 aromatic rings. The van der Waals surface area contributed by atoms with Gasteiger partial charge in [0.2, 0.25) is 0 Å². The molecule has 4 heteroatoms. The molecule has 0 amide bonds. The number of hydrogen-bond acceptors (Lipinski definition) is 0. The molecule has 2 aliphatic rings. The largest absolute Gasteiger partial charge is 1.00 e. The summed E-state index contributed by atoms with van der Waals surface area (Å²) in [4.78, 5) is 0. The first-order valence-electron chi connectivity index (χ1n) is 29.3. The molecule has 0 aromatic heterocycles. The Bertz CT molecular complexity index is 4080. The molecule has 0 aliphatic heterocycles. The summed E-state index contributed by atoms with van der Waals surface area (Å²) in [7, 11) is -2.28. The van der Waals surface area contributed by atoms with Gasteiger partial charge >= 0.3 is 44.8 Å². The van der Waals surface area contributed by atoms with Gasteiger partial charge in [0.25, 0.3) is 0 Å². The van der Waals surface area contributed by atoms with Crippen LogP contribution in [0.25, 0.3) is 22.3 Å². The van der Waals surface area contributed by atoms with Crippen molar-refractivity contribution in [3.63, 3.8) is 0 Å². The average molecular weight is 1530 g/mol. The van der Waals surface area contributed by atoms with Crippen LogP contribution in [-0.2, 0) is 55.6 Å². The Morgan fingerprint density at radius 2 is 0.455 bits per heavy atom. The van der Waals surface area contributed by atoms with E-state index in [-0.39, 0.29) is 44.8 Å². The molecule has 88 heavy (non-hydrogen) atoms. The molecule has 0 saturated heterocycles. The third-order valence-corrected chi connectivity index (χ3v) is 22.8. The van der Waals surface area contributed by atoms with Crippen molar-refractivity contribution in [2.75, 3.05) is 0 Å². The molecule has 0 radical (unpaired) electrons. The van der Waals surface area contributed by atoms with Gasteiger partial charge in [-0.2, -0.15) is 0 Å². The van der Waals surface area contributed by atoms with Crippen molar-refractivity contribution in [2.45, 2.75) is 10.8 Å². The van der Waals surface area contributed by atoms with E-state index in [1.807, 2.05) is 24.3 Å². The monoisotopic (exact) mass is 1520 g/mol. The van der Waals surface area contributed by atoms with Crippen LogP contribution >= 0.6 is 15.8 Å². The second-order valence-electron chi connectivity index (χ2n) is 21.5. The minimum Gasteiger partial charge on any atom is -0.366 e. The number of rotatable bonds is 10. The van der Waals surface area contributed by atoms with Crippen LogP contribution in [0.2, 0.25) is 0 Å². The van der Waals surface area contributed by atoms with E-state index in [4.69, 9.17) is 12.8 Å². The predicted molar refractivity (Wildman–Crippen MR) is 367 cm³/mol. The fourth-order valence-corrected chi connectivity index (χ4v) is 19.5. The quantitative estimate of drug-likeness (QED) is 0.0554. The molecule has 0 bridgehead atoms. The first-order chi connectivity index (χ1) is 42.7. The molecule has 0 atom stereocenters. The third kappa shape index (κ3) is 11.2. The van der Waals surface area contributed by atoms with Gasteiger partial charge in [-0.05, 0) is 116 Å². The van der Waals surface area contributed by atoms with E-state index in [9.17, 15) is 0 Å². The van der Waals surface area contributed by atoms with Gasteiger partial charge in [0.05, 0.1) is 10.8 Å². The van der Waals surface area contributed by atoms with E-state index in [1.165, 1.54) is 87.5 Å². The van der Waals surface area contributed by atoms with Gasteiger partial charge in [0.1, 0.15) is 47.7 Å². The van der Waals surface area contributed by atoms with Crippen molar-refractivity contribution in [3.8, 4) is 34.1 Å². The van der Waals surface area contributed by atoms with E-state index >= 15 is 0 Å². The zero-order valence-corrected chi connectivity index (χ0v) is 54.4. The number of hydrogen-bond donors (Lipinski definition) is 0. The van der Waals surface area contributed by atoms with Gasteiger partial charge in [-0.25, -0.2) is 0 Å². The zero-order chi connectivity index (χ0) is 58.1. The smallest absolute Gasteiger partial charge is 0.366 e. The summed E-state index contributed by atoms with van der Waals surface area (Å²) in [5, 5.41) is 8.71. The standard InChI is InChI=1S/C30H24P2.2C27H17.2Au/c1-5-15-25(16-6-1)31(26-17-7-2-8-18-26)29-23-13-14-24-30(29)32(27-19-9-3-10-20-27)28-21-11-4-12-22-28;2*1-2-20-12-11-18-24-23-17-9-10-19-25(23)27(26(20)24,21-13-5-3-6-14-21)22-15-7-4-8-16-22;;/h1-24H;2*3-19H;;/q;2*-1;2*+1/p+2. The van der Waals surface area contributed by atoms with Crippen LogP contribution in [0.1, 0.15) is 55.6 Å². The predicted octanol–water partition coefficient (Wildman–Crippen LogP) is 16.6. The molecule has 0 N–H and O–H groups in total. The zero-order valence-electron chi connectivity index (χ0n) is 48.1. The first-order valence-corrected chi connectivity index (χ1v) is 32.3. The van der Waals surface area contributed by atoms with E-state index in [0.717, 1.165) is 22.3 Å². The molecule has 0 unspecified atom stereocenters. The minimum absolute atomic E-state index is 0. The van der Waals surface area contributed by atoms with Crippen LogP contribution < -0.4 is 31.8 Å². The van der Waals surface area contributed by atoms with Crippen LogP contribution in [0.3, 0.4) is 0 Å². The van der Waals surface area contributed by atoms with Crippen molar-refractivity contribution < 1.29 is 44.8 Å². The fourth-order valence-electron chi connectivity index (χ4n) is 13.5. The van der Waals surface area contributed by atoms with Gasteiger partial charge in [-0.15, -0.1) is 23.3 Å². The first kappa shape index (κ1) is 61.0. The van der Waals surface area contributed by atoms with Crippen LogP contribution in [0, 0.1) is 24.7 Å². The minimum atomic E-state index is -1.14. The Morgan fingerprint density at radius 1 is 0.227 bits per heavy atom. The maximum absolute atomic E-state index is 7.97. The summed E-state index contributed by atoms with van der Waals surface area (Å²) in [6.45, 7) is 0. The Hall–Kier alpha value is -8.68. The van der Waals surface area contributed by atoms with Crippen LogP contribution in [0.15, 0.2) is 352 Å². The molecule has 0 spiro atoms. The van der Waals surface area contributed by atoms with Gasteiger partial charge < -0.3 is 12.8 Å². The average Bonchev–Trinajstić information content (AvgIpc) is 1.56. The van der Waals surface area contributed by atoms with E-state index in [1.54, 1.807) is 0 Å². The Labute approximate surface area is 553 Å². The van der Waals surface area contributed by atoms with Gasteiger partial charge in [0, 0.05) is 0 Å². The molecular formula is C84H60Au2P2+2. The van der Waals surface area contributed by atoms with Gasteiger partial charge in [0.15, 0.2) is 0 Å². The Kier molecular flexibility index (Phi) is 19.4. The molecule has 2 aliphatic carbocycles. The molecule has 13 aromatic carbocycles. The molecule has 15 rings (SSSR count). The normalized spacial score (nSPS) is 12.3. The summed E-state index contributed by atoms with van der Waals surface area (Å²) < 4.78 is 0. The Morgan fingerprint density at radius 3 is 0.727 bits per heavy atom. The van der Waals surface area contributed by atoms with Crippen LogP contribution in [-0.4, -0.2) is 0 Å². The number of fused-ring (bicyclic) bond motifs is 6. The van der Waals surface area contributed by atoms with Gasteiger partial charge in [-0.1, -0.05) is 290 Å². The number of benzene rings is 13. The molecule has 426 valence electrons. The summed E-state index contributed by atoms with van der Waals surface area (Å²) in [6.07, 6.45) is 15.9. The summed E-state index contributed by atoms with van der Waals surface area (Å²) >= 11 is 0. The van der Waals surface area contributed by atoms with Crippen LogP contribution in [0.4, 0.5) is 0 Å². The molecule has 0 nitrogen and oxygen atoms in total. The van der Waals surface area contributed by atoms with E-state index in [0.29, 0.717) is 0 Å². The van der Waals surface area contributed by atoms with Crippen molar-refractivity contribution in [2.24, 2.45) is 0 Å². The van der Waals surface area contributed by atoms with Crippen molar-refractivity contribution in [1.82, 2.24) is 0 Å². The summed E-state index contributed by atoms with van der Waals surface area (Å²) in [5.74, 6) is 5.41. The SMILES string of the molecule is [Au+].[Au+].[C-]#Cc1cccc2c1C(c1ccccc1)(c1ccccc1)c1ccccc1-2.[C-]#Cc1cccc2c1C(c1ccccc1)(c1ccccc1)c1ccccc1-2.c1ccc([PH+](c2ccccc2)c2ccccc2[PH+](c2ccccc2)c2ccccc2)cc1. The van der Waals surface area contributed by atoms with Crippen molar-refractivity contribution in [1.29, 1.82) is 0 Å². The maximum atomic E-state index is 7.97. The molecule has 0 fully saturated rings. The third-order valence-electron chi connectivity index (χ3n) is 16.9. The molecular weight excluding hydrogens is 1460 g/mol. The molecule has 0 heterocycles. The van der Waals surface area contributed by atoms with Crippen LogP contribution in [0.5, 0.6) is 0 Å².